The van der Waals surface area contributed by atoms with Crippen molar-refractivity contribution in [2.75, 3.05) is 0 Å². The Hall–Kier alpha value is -5.66. The van der Waals surface area contributed by atoms with E-state index in [1.165, 1.54) is 0 Å². The van der Waals surface area contributed by atoms with Crippen LogP contribution in [0.4, 0.5) is 0 Å². The first-order valence-electron chi connectivity index (χ1n) is 20.7. The van der Waals surface area contributed by atoms with Crippen LogP contribution in [-0.4, -0.2) is 0 Å². The quantitative estimate of drug-likeness (QED) is 0.191. The van der Waals surface area contributed by atoms with Crippen molar-refractivity contribution in [1.82, 2.24) is 0 Å². The van der Waals surface area contributed by atoms with E-state index in [0.717, 1.165) is 43.8 Å². The van der Waals surface area contributed by atoms with Crippen molar-refractivity contribution in [3.8, 4) is 22.3 Å². The first kappa shape index (κ1) is 15.2. The van der Waals surface area contributed by atoms with Crippen LogP contribution in [0.15, 0.2) is 162 Å². The lowest BCUT2D eigenvalue weighted by Gasteiger charge is -2.18. The van der Waals surface area contributed by atoms with E-state index in [4.69, 9.17) is 19.5 Å². The maximum absolute atomic E-state index is 9.21. The molecule has 9 aromatic rings. The van der Waals surface area contributed by atoms with Crippen molar-refractivity contribution >= 4 is 54.3 Å². The third-order valence-corrected chi connectivity index (χ3v) is 8.23. The molecule has 44 heavy (non-hydrogen) atoms. The van der Waals surface area contributed by atoms with Crippen LogP contribution in [0.5, 0.6) is 0 Å². The lowest BCUT2D eigenvalue weighted by Crippen LogP contribution is -1.95. The molecule has 0 N–H and O–H groups in total. The molecule has 0 unspecified atom stereocenters. The fourth-order valence-electron chi connectivity index (χ4n) is 6.25. The molecule has 8 aromatic carbocycles. The summed E-state index contributed by atoms with van der Waals surface area (Å²) in [5.41, 5.74) is 3.71. The van der Waals surface area contributed by atoms with Crippen LogP contribution in [0.1, 0.15) is 28.9 Å². The highest BCUT2D eigenvalue weighted by atomic mass is 16.3. The molecule has 1 heterocycles. The van der Waals surface area contributed by atoms with Gasteiger partial charge >= 0.3 is 0 Å². The number of benzene rings is 8. The summed E-state index contributed by atoms with van der Waals surface area (Å²) < 4.78 is 120. The molecule has 1 nitrogen and oxygen atoms in total. The van der Waals surface area contributed by atoms with Gasteiger partial charge in [-0.1, -0.05) is 139 Å². The second kappa shape index (κ2) is 9.97. The molecule has 0 aliphatic heterocycles. The van der Waals surface area contributed by atoms with Gasteiger partial charge in [-0.2, -0.15) is 0 Å². The largest absolute Gasteiger partial charge is 0.455 e. The number of rotatable bonds is 4. The highest BCUT2D eigenvalue weighted by Gasteiger charge is 2.17. The number of fused-ring (bicyclic) bond motifs is 6. The summed E-state index contributed by atoms with van der Waals surface area (Å²) in [6, 6.07) is 18.0. The molecule has 206 valence electrons. The molecule has 0 aliphatic rings. The van der Waals surface area contributed by atoms with Gasteiger partial charge in [-0.3, -0.25) is 0 Å². The minimum absolute atomic E-state index is 0.00789. The van der Waals surface area contributed by atoms with Crippen molar-refractivity contribution in [1.29, 1.82) is 0 Å². The number of para-hydroxylation sites is 2. The second-order valence-electron chi connectivity index (χ2n) is 10.7. The molecule has 0 bridgehead atoms. The third-order valence-electron chi connectivity index (χ3n) is 8.23. The lowest BCUT2D eigenvalue weighted by atomic mass is 9.86. The van der Waals surface area contributed by atoms with E-state index in [1.807, 2.05) is 72.8 Å². The molecule has 0 radical (unpaired) electrons. The third kappa shape index (κ3) is 3.94. The van der Waals surface area contributed by atoms with Crippen molar-refractivity contribution in [2.45, 2.75) is 6.42 Å². The SMILES string of the molecule is [2H]c1c([2H])c([2H])c(Cc2c3c([2H])c([2H])c([2H])c([2H])c3c(-c3ccc4cc(-c5cccc6c5oc5ccccc56)ccc4c3)c3c([2H])c([2H])c([2H])c([2H])c23)c([2H])c1[2H]. The molecule has 1 heteroatoms. The lowest BCUT2D eigenvalue weighted by molar-refractivity contribution is 0.670. The fraction of sp³-hybridized carbons (Fsp3) is 0.0233. The van der Waals surface area contributed by atoms with Crippen molar-refractivity contribution in [3.63, 3.8) is 0 Å². The standard InChI is InChI=1S/C43H28O/c1-2-11-28(12-3-1)25-40-34-13-4-6-16-37(34)42(38-17-7-5-14-35(38)40)32-24-22-29-26-31(23-21-30(29)27-32)33-18-10-19-39-36-15-8-9-20-41(36)44-43(33)39/h1-24,26-27H,25H2/i1D,2D,3D,4D,5D,6D,7D,11D,12D,13D,14D,16D,17D. The van der Waals surface area contributed by atoms with Gasteiger partial charge in [0.15, 0.2) is 0 Å². The van der Waals surface area contributed by atoms with Gasteiger partial charge in [0.25, 0.3) is 0 Å². The molecule has 0 atom stereocenters. The van der Waals surface area contributed by atoms with E-state index in [0.29, 0.717) is 5.56 Å². The van der Waals surface area contributed by atoms with Crippen molar-refractivity contribution in [3.05, 3.63) is 169 Å². The van der Waals surface area contributed by atoms with Crippen LogP contribution in [0.25, 0.3) is 76.5 Å². The summed E-state index contributed by atoms with van der Waals surface area (Å²) in [4.78, 5) is 0. The highest BCUT2D eigenvalue weighted by molar-refractivity contribution is 6.16. The predicted octanol–water partition coefficient (Wildman–Crippen LogP) is 12.0. The maximum atomic E-state index is 9.21. The van der Waals surface area contributed by atoms with Crippen LogP contribution in [-0.2, 0) is 6.42 Å². The molecule has 0 saturated heterocycles. The first-order valence-corrected chi connectivity index (χ1v) is 14.2. The Labute approximate surface area is 273 Å². The molecule has 9 rings (SSSR count). The molecule has 0 aliphatic carbocycles. The average Bonchev–Trinajstić information content (AvgIpc) is 3.61. The van der Waals surface area contributed by atoms with Crippen LogP contribution < -0.4 is 0 Å². The van der Waals surface area contributed by atoms with E-state index < -0.39 is 85.0 Å². The summed E-state index contributed by atoms with van der Waals surface area (Å²) in [5, 5.41) is 3.39. The molecule has 0 saturated carbocycles. The molecule has 0 amide bonds. The average molecular weight is 574 g/mol. The molecular weight excluding hydrogens is 532 g/mol. The van der Waals surface area contributed by atoms with Crippen LogP contribution >= 0.6 is 0 Å². The number of furan rings is 1. The molecule has 1 aromatic heterocycles. The van der Waals surface area contributed by atoms with Crippen LogP contribution in [0, 0.1) is 0 Å². The summed E-state index contributed by atoms with van der Waals surface area (Å²) in [7, 11) is 0. The summed E-state index contributed by atoms with van der Waals surface area (Å²) in [6.07, 6.45) is -0.480. The monoisotopic (exact) mass is 573 g/mol. The maximum Gasteiger partial charge on any atom is 0.143 e. The van der Waals surface area contributed by atoms with Gasteiger partial charge in [0.05, 0.1) is 17.8 Å². The summed E-state index contributed by atoms with van der Waals surface area (Å²) >= 11 is 0. The second-order valence-corrected chi connectivity index (χ2v) is 10.7. The van der Waals surface area contributed by atoms with Gasteiger partial charge in [-0.25, -0.2) is 0 Å². The topological polar surface area (TPSA) is 13.1 Å². The van der Waals surface area contributed by atoms with Gasteiger partial charge in [0.2, 0.25) is 0 Å². The zero-order valence-electron chi connectivity index (χ0n) is 36.1. The van der Waals surface area contributed by atoms with Gasteiger partial charge in [-0.05, 0) is 84.8 Å². The van der Waals surface area contributed by atoms with Gasteiger partial charge in [-0.15, -0.1) is 0 Å². The van der Waals surface area contributed by atoms with E-state index >= 15 is 0 Å². The Morgan fingerprint density at radius 2 is 1.11 bits per heavy atom. The van der Waals surface area contributed by atoms with Crippen molar-refractivity contribution in [2.24, 2.45) is 0 Å². The van der Waals surface area contributed by atoms with Gasteiger partial charge in [0, 0.05) is 16.3 Å². The van der Waals surface area contributed by atoms with Crippen molar-refractivity contribution < 1.29 is 22.2 Å². The van der Waals surface area contributed by atoms with E-state index in [9.17, 15) is 2.74 Å². The normalized spacial score (nSPS) is 15.9. The Morgan fingerprint density at radius 3 is 1.86 bits per heavy atom. The molecule has 0 fully saturated rings. The zero-order valence-corrected chi connectivity index (χ0v) is 23.1. The van der Waals surface area contributed by atoms with Crippen LogP contribution in [0.3, 0.4) is 0 Å². The van der Waals surface area contributed by atoms with Crippen LogP contribution in [0.2, 0.25) is 0 Å². The van der Waals surface area contributed by atoms with E-state index in [2.05, 4.69) is 0 Å². The Morgan fingerprint density at radius 1 is 0.500 bits per heavy atom. The Kier molecular flexibility index (Phi) is 3.44. The molecule has 0 spiro atoms. The van der Waals surface area contributed by atoms with Gasteiger partial charge < -0.3 is 4.42 Å². The summed E-state index contributed by atoms with van der Waals surface area (Å²) in [5.74, 6) is 0. The zero-order chi connectivity index (χ0) is 40.3. The minimum Gasteiger partial charge on any atom is -0.455 e. The number of hydrogen-bond acceptors (Lipinski definition) is 1. The van der Waals surface area contributed by atoms with E-state index in [1.54, 1.807) is 6.07 Å². The van der Waals surface area contributed by atoms with Gasteiger partial charge in [0.1, 0.15) is 11.2 Å². The Bertz CT molecular complexity index is 3150. The minimum atomic E-state index is -0.613. The summed E-state index contributed by atoms with van der Waals surface area (Å²) in [6.45, 7) is 0. The Balaban J connectivity index is 1.35. The van der Waals surface area contributed by atoms with E-state index in [-0.39, 0.29) is 38.2 Å². The number of hydrogen-bond donors (Lipinski definition) is 0. The highest BCUT2D eigenvalue weighted by Crippen LogP contribution is 2.42. The predicted molar refractivity (Wildman–Crippen MR) is 186 cm³/mol. The first-order chi connectivity index (χ1) is 27.2. The fourth-order valence-corrected chi connectivity index (χ4v) is 6.25. The molecular formula is C43H28O. The smallest absolute Gasteiger partial charge is 0.143 e.